The smallest absolute Gasteiger partial charge is 0.336 e. The lowest BCUT2D eigenvalue weighted by molar-refractivity contribution is 0.0699. The molecule has 0 unspecified atom stereocenters. The summed E-state index contributed by atoms with van der Waals surface area (Å²) in [5, 5.41) is 10.2. The normalized spacial score (nSPS) is 13.7. The van der Waals surface area contributed by atoms with Gasteiger partial charge in [-0.15, -0.1) is 0 Å². The van der Waals surface area contributed by atoms with Crippen molar-refractivity contribution >= 4 is 16.9 Å². The fraction of sp³-hybridized carbons (Fsp3) is 0.200. The molecule has 3 heteroatoms. The Balaban J connectivity index is 1.90. The number of hydrogen-bond donors (Lipinski definition) is 1. The molecule has 1 N–H and O–H groups in total. The second-order valence-corrected chi connectivity index (χ2v) is 6.07. The van der Waals surface area contributed by atoms with E-state index in [4.69, 9.17) is 0 Å². The maximum absolute atomic E-state index is 11.6. The van der Waals surface area contributed by atoms with Gasteiger partial charge in [-0.05, 0) is 55.0 Å². The zero-order valence-corrected chi connectivity index (χ0v) is 12.7. The summed E-state index contributed by atoms with van der Waals surface area (Å²) in [7, 11) is 0. The number of pyridine rings is 1. The Bertz CT molecular complexity index is 915. The van der Waals surface area contributed by atoms with Crippen LogP contribution in [-0.4, -0.2) is 16.1 Å². The van der Waals surface area contributed by atoms with E-state index in [-0.39, 0.29) is 0 Å². The van der Waals surface area contributed by atoms with Crippen LogP contribution >= 0.6 is 0 Å². The zero-order chi connectivity index (χ0) is 15.8. The predicted octanol–water partition coefficient (Wildman–Crippen LogP) is 4.48. The molecule has 114 valence electrons. The summed E-state index contributed by atoms with van der Waals surface area (Å²) in [6, 6.07) is 15.5. The van der Waals surface area contributed by atoms with E-state index in [1.54, 1.807) is 6.07 Å². The van der Waals surface area contributed by atoms with Crippen molar-refractivity contribution in [2.75, 3.05) is 0 Å². The van der Waals surface area contributed by atoms with E-state index in [2.05, 4.69) is 23.2 Å². The summed E-state index contributed by atoms with van der Waals surface area (Å²) in [6.07, 6.45) is 4.72. The van der Waals surface area contributed by atoms with Crippen molar-refractivity contribution in [3.63, 3.8) is 0 Å². The van der Waals surface area contributed by atoms with E-state index in [0.29, 0.717) is 10.9 Å². The zero-order valence-electron chi connectivity index (χ0n) is 12.7. The van der Waals surface area contributed by atoms with Gasteiger partial charge >= 0.3 is 5.97 Å². The van der Waals surface area contributed by atoms with Crippen LogP contribution in [-0.2, 0) is 12.8 Å². The molecule has 3 aromatic rings. The minimum absolute atomic E-state index is 0.309. The van der Waals surface area contributed by atoms with Crippen molar-refractivity contribution in [3.05, 3.63) is 65.2 Å². The van der Waals surface area contributed by atoms with Gasteiger partial charge in [-0.25, -0.2) is 9.78 Å². The van der Waals surface area contributed by atoms with E-state index in [9.17, 15) is 9.90 Å². The third-order valence-corrected chi connectivity index (χ3v) is 4.59. The molecule has 0 radical (unpaired) electrons. The Kier molecular flexibility index (Phi) is 3.34. The number of benzene rings is 2. The van der Waals surface area contributed by atoms with Gasteiger partial charge in [0.1, 0.15) is 0 Å². The first kappa shape index (κ1) is 13.9. The average Bonchev–Trinajstić information content (AvgIpc) is 2.60. The second-order valence-electron chi connectivity index (χ2n) is 6.07. The highest BCUT2D eigenvalue weighted by atomic mass is 16.4. The maximum Gasteiger partial charge on any atom is 0.336 e. The van der Waals surface area contributed by atoms with Crippen LogP contribution in [0.25, 0.3) is 22.2 Å². The molecule has 1 heterocycles. The van der Waals surface area contributed by atoms with Gasteiger partial charge in [-0.2, -0.15) is 0 Å². The van der Waals surface area contributed by atoms with E-state index in [0.717, 1.165) is 29.6 Å². The molecular formula is C20H17NO2. The highest BCUT2D eigenvalue weighted by Crippen LogP contribution is 2.29. The predicted molar refractivity (Wildman–Crippen MR) is 90.8 cm³/mol. The molecule has 0 saturated heterocycles. The molecule has 0 amide bonds. The van der Waals surface area contributed by atoms with E-state index < -0.39 is 5.97 Å². The summed E-state index contributed by atoms with van der Waals surface area (Å²) in [4.78, 5) is 16.3. The highest BCUT2D eigenvalue weighted by molar-refractivity contribution is 6.03. The number of carbonyl (C=O) groups is 1. The number of nitrogens with zero attached hydrogens (tertiary/aromatic N) is 1. The molecule has 3 nitrogen and oxygen atoms in total. The van der Waals surface area contributed by atoms with Crippen LogP contribution in [0.5, 0.6) is 0 Å². The molecule has 4 rings (SSSR count). The van der Waals surface area contributed by atoms with Crippen LogP contribution in [0.2, 0.25) is 0 Å². The van der Waals surface area contributed by atoms with Crippen molar-refractivity contribution in [3.8, 4) is 11.3 Å². The fourth-order valence-corrected chi connectivity index (χ4v) is 3.39. The number of carboxylic acids is 1. The Morgan fingerprint density at radius 1 is 0.957 bits per heavy atom. The molecule has 1 aliphatic rings. The molecule has 1 aliphatic carbocycles. The van der Waals surface area contributed by atoms with E-state index in [1.165, 1.54) is 24.0 Å². The van der Waals surface area contributed by atoms with Gasteiger partial charge in [0.2, 0.25) is 0 Å². The summed E-state index contributed by atoms with van der Waals surface area (Å²) < 4.78 is 0. The topological polar surface area (TPSA) is 50.2 Å². The van der Waals surface area contributed by atoms with Gasteiger partial charge in [0, 0.05) is 10.9 Å². The molecule has 0 atom stereocenters. The quantitative estimate of drug-likeness (QED) is 0.759. The van der Waals surface area contributed by atoms with Gasteiger partial charge in [0.25, 0.3) is 0 Å². The Hall–Kier alpha value is -2.68. The van der Waals surface area contributed by atoms with Crippen LogP contribution in [0.15, 0.2) is 48.5 Å². The number of carboxylic acid groups (broad SMARTS) is 1. The van der Waals surface area contributed by atoms with Crippen LogP contribution in [0.3, 0.4) is 0 Å². The second kappa shape index (κ2) is 5.51. The minimum Gasteiger partial charge on any atom is -0.478 e. The van der Waals surface area contributed by atoms with Crippen molar-refractivity contribution in [2.45, 2.75) is 25.7 Å². The largest absolute Gasteiger partial charge is 0.478 e. The standard InChI is InChI=1S/C20H17NO2/c22-20(23)17-12-19(21-18-8-4-3-7-16(17)18)15-10-9-13-5-1-2-6-14(13)11-15/h3-4,7-12H,1-2,5-6H2,(H,22,23). The number of fused-ring (bicyclic) bond motifs is 2. The van der Waals surface area contributed by atoms with Crippen molar-refractivity contribution in [1.82, 2.24) is 4.98 Å². The number of rotatable bonds is 2. The minimum atomic E-state index is -0.914. The number of hydrogen-bond acceptors (Lipinski definition) is 2. The molecule has 1 aromatic heterocycles. The molecule has 0 saturated carbocycles. The average molecular weight is 303 g/mol. The molecule has 0 aliphatic heterocycles. The van der Waals surface area contributed by atoms with Crippen LogP contribution in [0.1, 0.15) is 34.3 Å². The van der Waals surface area contributed by atoms with Gasteiger partial charge in [0.15, 0.2) is 0 Å². The van der Waals surface area contributed by atoms with Crippen LogP contribution in [0.4, 0.5) is 0 Å². The lowest BCUT2D eigenvalue weighted by Gasteiger charge is -2.16. The Labute approximate surface area is 134 Å². The first-order valence-corrected chi connectivity index (χ1v) is 7.97. The highest BCUT2D eigenvalue weighted by Gasteiger charge is 2.14. The lowest BCUT2D eigenvalue weighted by Crippen LogP contribution is -2.03. The number of aryl methyl sites for hydroxylation is 2. The summed E-state index contributed by atoms with van der Waals surface area (Å²) in [5.41, 5.74) is 5.55. The van der Waals surface area contributed by atoms with Gasteiger partial charge in [-0.1, -0.05) is 30.3 Å². The molecular weight excluding hydrogens is 286 g/mol. The summed E-state index contributed by atoms with van der Waals surface area (Å²) >= 11 is 0. The molecule has 0 fully saturated rings. The molecule has 23 heavy (non-hydrogen) atoms. The van der Waals surface area contributed by atoms with E-state index >= 15 is 0 Å². The lowest BCUT2D eigenvalue weighted by atomic mass is 9.89. The number of aromatic nitrogens is 1. The SMILES string of the molecule is O=C(O)c1cc(-c2ccc3c(c2)CCCC3)nc2ccccc12. The molecule has 0 bridgehead atoms. The Morgan fingerprint density at radius 2 is 1.74 bits per heavy atom. The first-order chi connectivity index (χ1) is 11.2. The first-order valence-electron chi connectivity index (χ1n) is 7.97. The van der Waals surface area contributed by atoms with Gasteiger partial charge < -0.3 is 5.11 Å². The maximum atomic E-state index is 11.6. The monoisotopic (exact) mass is 303 g/mol. The van der Waals surface area contributed by atoms with E-state index in [1.807, 2.05) is 24.3 Å². The van der Waals surface area contributed by atoms with Crippen LogP contribution in [0, 0.1) is 0 Å². The molecule has 2 aromatic carbocycles. The van der Waals surface area contributed by atoms with Crippen molar-refractivity contribution in [1.29, 1.82) is 0 Å². The van der Waals surface area contributed by atoms with Gasteiger partial charge in [-0.3, -0.25) is 0 Å². The van der Waals surface area contributed by atoms with Gasteiger partial charge in [0.05, 0.1) is 16.8 Å². The third-order valence-electron chi connectivity index (χ3n) is 4.59. The number of para-hydroxylation sites is 1. The summed E-state index contributed by atoms with van der Waals surface area (Å²) in [5.74, 6) is -0.914. The van der Waals surface area contributed by atoms with Crippen molar-refractivity contribution in [2.24, 2.45) is 0 Å². The molecule has 0 spiro atoms. The fourth-order valence-electron chi connectivity index (χ4n) is 3.39. The van der Waals surface area contributed by atoms with Crippen molar-refractivity contribution < 1.29 is 9.90 Å². The number of aromatic carboxylic acids is 1. The Morgan fingerprint density at radius 3 is 2.57 bits per heavy atom. The summed E-state index contributed by atoms with van der Waals surface area (Å²) in [6.45, 7) is 0. The van der Waals surface area contributed by atoms with Crippen LogP contribution < -0.4 is 0 Å². The third kappa shape index (κ3) is 2.48.